The molecule has 1 aromatic carbocycles. The van der Waals surface area contributed by atoms with Crippen LogP contribution in [-0.2, 0) is 22.0 Å². The van der Waals surface area contributed by atoms with Crippen LogP contribution in [0.5, 0.6) is 5.75 Å². The van der Waals surface area contributed by atoms with E-state index in [0.717, 1.165) is 70.9 Å². The molecular weight excluding hydrogens is 501 g/mol. The molecule has 5 nitrogen and oxygen atoms in total. The summed E-state index contributed by atoms with van der Waals surface area (Å²) in [7, 11) is -0.881. The van der Waals surface area contributed by atoms with Crippen LogP contribution < -0.4 is 4.74 Å². The summed E-state index contributed by atoms with van der Waals surface area (Å²) in [5.41, 5.74) is 2.70. The quantitative estimate of drug-likeness (QED) is 0.228. The molecule has 1 saturated heterocycles. The van der Waals surface area contributed by atoms with Gasteiger partial charge in [-0.25, -0.2) is 0 Å². The monoisotopic (exact) mass is 547 g/mol. The number of hydrogen-bond donors (Lipinski definition) is 1. The Bertz CT molecular complexity index is 998. The number of esters is 1. The summed E-state index contributed by atoms with van der Waals surface area (Å²) in [6, 6.07) is 6.29. The zero-order valence-corrected chi connectivity index (χ0v) is 23.9. The number of carbonyl (C=O) groups is 1. The van der Waals surface area contributed by atoms with Gasteiger partial charge in [-0.3, -0.25) is 18.3 Å². The predicted molar refractivity (Wildman–Crippen MR) is 150 cm³/mol. The Morgan fingerprint density at radius 1 is 1.16 bits per heavy atom. The van der Waals surface area contributed by atoms with Crippen LogP contribution in [0, 0.1) is 23.2 Å². The molecule has 1 aromatic rings. The summed E-state index contributed by atoms with van der Waals surface area (Å²) in [4.78, 5) is 14.7. The Morgan fingerprint density at radius 3 is 2.74 bits per heavy atom. The third kappa shape index (κ3) is 6.05. The zero-order valence-electron chi connectivity index (χ0n) is 23.0. The Morgan fingerprint density at radius 2 is 1.95 bits per heavy atom. The molecular formula is C31H46FNO4S. The topological polar surface area (TPSA) is 66.8 Å². The second-order valence-electron chi connectivity index (χ2n) is 12.6. The van der Waals surface area contributed by atoms with Gasteiger partial charge in [-0.05, 0) is 136 Å². The maximum Gasteiger partial charge on any atom is 0.325 e. The molecule has 1 N–H and O–H groups in total. The minimum atomic E-state index is -0.881. The Labute approximate surface area is 230 Å². The van der Waals surface area contributed by atoms with Gasteiger partial charge in [-0.15, -0.1) is 0 Å². The van der Waals surface area contributed by atoms with Gasteiger partial charge >= 0.3 is 5.97 Å². The first-order chi connectivity index (χ1) is 18.4. The Balaban J connectivity index is 1.31. The average molecular weight is 548 g/mol. The molecule has 0 bridgehead atoms. The van der Waals surface area contributed by atoms with Crippen molar-refractivity contribution < 1.29 is 23.2 Å². The Hall–Kier alpha value is -1.31. The first kappa shape index (κ1) is 28.2. The lowest BCUT2D eigenvalue weighted by Gasteiger charge is -2.53. The zero-order chi connectivity index (χ0) is 26.7. The lowest BCUT2D eigenvalue weighted by atomic mass is 9.52. The van der Waals surface area contributed by atoms with Crippen molar-refractivity contribution in [3.8, 4) is 5.75 Å². The summed E-state index contributed by atoms with van der Waals surface area (Å²) in [5, 5.41) is 10.9. The van der Waals surface area contributed by atoms with Crippen molar-refractivity contribution in [3.63, 3.8) is 0 Å². The van der Waals surface area contributed by atoms with E-state index in [4.69, 9.17) is 4.74 Å². The van der Waals surface area contributed by atoms with Crippen LogP contribution in [0.3, 0.4) is 0 Å². The summed E-state index contributed by atoms with van der Waals surface area (Å²) < 4.78 is 30.7. The van der Waals surface area contributed by atoms with Gasteiger partial charge in [0.1, 0.15) is 5.75 Å². The van der Waals surface area contributed by atoms with Gasteiger partial charge in [0.25, 0.3) is 0 Å². The number of likely N-dealkylation sites (tertiary alicyclic amines) is 1. The van der Waals surface area contributed by atoms with E-state index >= 15 is 0 Å². The molecule has 7 heteroatoms. The number of ether oxygens (including phenoxy) is 1. The van der Waals surface area contributed by atoms with Crippen molar-refractivity contribution >= 4 is 16.8 Å². The molecule has 0 amide bonds. The highest BCUT2D eigenvalue weighted by molar-refractivity contribution is 7.84. The molecule has 2 saturated carbocycles. The third-order valence-corrected chi connectivity index (χ3v) is 11.8. The van der Waals surface area contributed by atoms with E-state index in [-0.39, 0.29) is 24.2 Å². The number of fused-ring (bicyclic) bond motifs is 5. The van der Waals surface area contributed by atoms with E-state index in [2.05, 4.69) is 24.0 Å². The fourth-order valence-corrected chi connectivity index (χ4v) is 9.56. The molecule has 1 unspecified atom stereocenters. The highest BCUT2D eigenvalue weighted by Crippen LogP contribution is 2.62. The summed E-state index contributed by atoms with van der Waals surface area (Å²) in [5.74, 6) is 3.74. The lowest BCUT2D eigenvalue weighted by Crippen LogP contribution is -2.47. The highest BCUT2D eigenvalue weighted by atomic mass is 32.2. The lowest BCUT2D eigenvalue weighted by molar-refractivity contribution is -0.135. The maximum atomic E-state index is 12.6. The number of nitrogens with zero attached hydrogens (tertiary/aromatic N) is 1. The van der Waals surface area contributed by atoms with Crippen LogP contribution >= 0.6 is 0 Å². The van der Waals surface area contributed by atoms with E-state index in [9.17, 15) is 18.5 Å². The number of halogens is 1. The Kier molecular flexibility index (Phi) is 9.26. The molecule has 0 radical (unpaired) electrons. The number of carbonyl (C=O) groups excluding carboxylic acids is 1. The van der Waals surface area contributed by atoms with Gasteiger partial charge in [0.05, 0.1) is 19.3 Å². The van der Waals surface area contributed by atoms with Crippen LogP contribution in [0.4, 0.5) is 4.39 Å². The van der Waals surface area contributed by atoms with Gasteiger partial charge in [-0.1, -0.05) is 13.0 Å². The van der Waals surface area contributed by atoms with Crippen molar-refractivity contribution in [1.82, 2.24) is 4.90 Å². The van der Waals surface area contributed by atoms with E-state index in [0.29, 0.717) is 60.3 Å². The van der Waals surface area contributed by atoms with Crippen molar-refractivity contribution in [1.29, 1.82) is 0 Å². The second kappa shape index (κ2) is 12.5. The largest absolute Gasteiger partial charge is 0.426 e. The van der Waals surface area contributed by atoms with Gasteiger partial charge in [-0.2, -0.15) is 0 Å². The van der Waals surface area contributed by atoms with E-state index in [1.807, 2.05) is 6.07 Å². The van der Waals surface area contributed by atoms with Crippen molar-refractivity contribution in [2.24, 2.45) is 23.2 Å². The third-order valence-electron chi connectivity index (χ3n) is 10.3. The predicted octanol–water partition coefficient (Wildman–Crippen LogP) is 5.41. The number of benzene rings is 1. The second-order valence-corrected chi connectivity index (χ2v) is 14.3. The SMILES string of the molecule is C[C@]12CC[C@@H]3c4ccc(OC(=O)CN5CCCC5)cc4C[C@@H](CCCS(=O)CCCCF)[C@H]3[C@@H]1CC[C@@H]2O. The minimum Gasteiger partial charge on any atom is -0.426 e. The van der Waals surface area contributed by atoms with Crippen molar-refractivity contribution in [2.75, 3.05) is 37.8 Å². The van der Waals surface area contributed by atoms with Crippen LogP contribution in [0.1, 0.15) is 88.2 Å². The van der Waals surface area contributed by atoms with Crippen LogP contribution in [0.25, 0.3) is 0 Å². The van der Waals surface area contributed by atoms with Crippen molar-refractivity contribution in [3.05, 3.63) is 29.3 Å². The molecule has 1 aliphatic heterocycles. The fourth-order valence-electron chi connectivity index (χ4n) is 8.34. The van der Waals surface area contributed by atoms with E-state index in [1.54, 1.807) is 0 Å². The van der Waals surface area contributed by atoms with Crippen LogP contribution in [-0.4, -0.2) is 64.1 Å². The average Bonchev–Trinajstić information content (AvgIpc) is 3.51. The summed E-state index contributed by atoms with van der Waals surface area (Å²) >= 11 is 0. The fraction of sp³-hybridized carbons (Fsp3) is 0.774. The first-order valence-corrected chi connectivity index (χ1v) is 16.5. The summed E-state index contributed by atoms with van der Waals surface area (Å²) in [6.45, 7) is 4.28. The summed E-state index contributed by atoms with van der Waals surface area (Å²) in [6.07, 6.45) is 10.3. The number of aliphatic hydroxyl groups is 1. The van der Waals surface area contributed by atoms with Gasteiger partial charge < -0.3 is 9.84 Å². The molecule has 7 atom stereocenters. The highest BCUT2D eigenvalue weighted by Gasteiger charge is 2.56. The molecule has 212 valence electrons. The first-order valence-electron chi connectivity index (χ1n) is 15.0. The van der Waals surface area contributed by atoms with Gasteiger partial charge in [0.15, 0.2) is 0 Å². The molecule has 4 aliphatic rings. The number of rotatable bonds is 11. The molecule has 0 spiro atoms. The normalized spacial score (nSPS) is 33.4. The van der Waals surface area contributed by atoms with E-state index in [1.165, 1.54) is 11.1 Å². The van der Waals surface area contributed by atoms with Gasteiger partial charge in [0.2, 0.25) is 0 Å². The minimum absolute atomic E-state index is 0.00283. The molecule has 38 heavy (non-hydrogen) atoms. The number of alkyl halides is 1. The number of unbranched alkanes of at least 4 members (excludes halogenated alkanes) is 1. The smallest absolute Gasteiger partial charge is 0.325 e. The molecule has 0 aromatic heterocycles. The molecule has 5 rings (SSSR count). The number of aliphatic hydroxyl groups excluding tert-OH is 1. The van der Waals surface area contributed by atoms with Gasteiger partial charge in [0, 0.05) is 22.3 Å². The molecule has 3 fully saturated rings. The van der Waals surface area contributed by atoms with Crippen LogP contribution in [0.2, 0.25) is 0 Å². The molecule has 3 aliphatic carbocycles. The van der Waals surface area contributed by atoms with E-state index < -0.39 is 10.8 Å². The van der Waals surface area contributed by atoms with Crippen LogP contribution in [0.15, 0.2) is 18.2 Å². The molecule has 1 heterocycles. The standard InChI is InChI=1S/C31H46FNO4S/c1-31-13-12-26-25-9-8-24(37-29(35)21-33-15-3-4-16-33)20-23(25)19-22(30(26)27(31)10-11-28(31)34)7-6-18-38(36)17-5-2-14-32/h8-9,20,22,26-28,30,34H,2-7,10-19,21H2,1H3/t22-,26-,27+,28+,30-,31+,38?/m1/s1. The number of hydrogen-bond acceptors (Lipinski definition) is 5. The van der Waals surface area contributed by atoms with Crippen molar-refractivity contribution in [2.45, 2.75) is 89.6 Å². The maximum absolute atomic E-state index is 12.6.